The molecule has 0 fully saturated rings. The third kappa shape index (κ3) is 11.0. The van der Waals surface area contributed by atoms with Crippen LogP contribution in [-0.4, -0.2) is 72.1 Å². The average Bonchev–Trinajstić information content (AvgIpc) is 3.25. The summed E-state index contributed by atoms with van der Waals surface area (Å²) in [6, 6.07) is 4.39. The number of hydrogen-bond donors (Lipinski definition) is 6. The second-order valence-corrected chi connectivity index (χ2v) is 12.1. The third-order valence-electron chi connectivity index (χ3n) is 7.57. The summed E-state index contributed by atoms with van der Waals surface area (Å²) in [5.74, 6) is -4.74. The van der Waals surface area contributed by atoms with Gasteiger partial charge in [-0.25, -0.2) is 9.59 Å². The van der Waals surface area contributed by atoms with E-state index in [0.29, 0.717) is 0 Å². The maximum Gasteiger partial charge on any atom is 0.407 e. The number of carbonyl (C=O) groups excluding carboxylic acids is 5. The molecule has 46 heavy (non-hydrogen) atoms. The SMILES string of the molecule is C/C=C\C1=C(C)c2ccccc2C1COC(=O)NC(C(=O)NCC(=O)NC(CCC(N)=O)C(=O)NC(CC(C)C)C(=O)O)C(C)C. The number of carboxylic acids is 1. The van der Waals surface area contributed by atoms with Crippen LogP contribution in [0.3, 0.4) is 0 Å². The largest absolute Gasteiger partial charge is 0.480 e. The number of carboxylic acid groups (broad SMARTS) is 1. The highest BCUT2D eigenvalue weighted by atomic mass is 16.5. The molecule has 4 atom stereocenters. The van der Waals surface area contributed by atoms with Gasteiger partial charge in [0.2, 0.25) is 23.6 Å². The Kier molecular flexibility index (Phi) is 14.4. The van der Waals surface area contributed by atoms with Gasteiger partial charge in [-0.05, 0) is 60.8 Å². The van der Waals surface area contributed by atoms with Crippen molar-refractivity contribution >= 4 is 41.3 Å². The quantitative estimate of drug-likeness (QED) is 0.149. The first-order valence-electron chi connectivity index (χ1n) is 15.4. The number of alkyl carbamates (subject to hydrolysis) is 1. The number of carbonyl (C=O) groups is 6. The number of ether oxygens (including phenoxy) is 1. The van der Waals surface area contributed by atoms with Crippen molar-refractivity contribution in [3.63, 3.8) is 0 Å². The molecule has 1 aliphatic rings. The summed E-state index contributed by atoms with van der Waals surface area (Å²) in [6.45, 7) is 10.5. The molecule has 5 amide bonds. The molecule has 0 saturated carbocycles. The fourth-order valence-corrected chi connectivity index (χ4v) is 5.23. The van der Waals surface area contributed by atoms with Crippen molar-refractivity contribution in [2.24, 2.45) is 17.6 Å². The number of hydrogen-bond acceptors (Lipinski definition) is 7. The fraction of sp³-hybridized carbons (Fsp3) is 0.515. The van der Waals surface area contributed by atoms with E-state index in [1.165, 1.54) is 0 Å². The molecule has 0 aromatic heterocycles. The number of rotatable bonds is 17. The first kappa shape index (κ1) is 37.5. The lowest BCUT2D eigenvalue weighted by atomic mass is 9.96. The van der Waals surface area contributed by atoms with Crippen molar-refractivity contribution < 1.29 is 38.6 Å². The van der Waals surface area contributed by atoms with Crippen LogP contribution in [0.15, 0.2) is 42.0 Å². The van der Waals surface area contributed by atoms with Crippen molar-refractivity contribution in [1.82, 2.24) is 21.3 Å². The van der Waals surface area contributed by atoms with Crippen LogP contribution < -0.4 is 27.0 Å². The molecule has 252 valence electrons. The van der Waals surface area contributed by atoms with Gasteiger partial charge >= 0.3 is 12.1 Å². The Morgan fingerprint density at radius 1 is 0.978 bits per heavy atom. The van der Waals surface area contributed by atoms with E-state index < -0.39 is 60.4 Å². The Morgan fingerprint density at radius 3 is 2.24 bits per heavy atom. The molecule has 0 spiro atoms. The monoisotopic (exact) mass is 641 g/mol. The molecule has 7 N–H and O–H groups in total. The number of allylic oxidation sites excluding steroid dienone is 3. The number of aliphatic carboxylic acids is 1. The molecular formula is C33H47N5O8. The predicted molar refractivity (Wildman–Crippen MR) is 172 cm³/mol. The van der Waals surface area contributed by atoms with E-state index in [4.69, 9.17) is 10.5 Å². The molecule has 0 radical (unpaired) electrons. The smallest absolute Gasteiger partial charge is 0.407 e. The highest BCUT2D eigenvalue weighted by molar-refractivity contribution is 5.93. The van der Waals surface area contributed by atoms with Crippen LogP contribution >= 0.6 is 0 Å². The van der Waals surface area contributed by atoms with Crippen molar-refractivity contribution in [2.75, 3.05) is 13.2 Å². The second-order valence-electron chi connectivity index (χ2n) is 12.1. The van der Waals surface area contributed by atoms with Gasteiger partial charge in [0.15, 0.2) is 0 Å². The van der Waals surface area contributed by atoms with Crippen LogP contribution in [0.2, 0.25) is 0 Å². The maximum absolute atomic E-state index is 13.0. The summed E-state index contributed by atoms with van der Waals surface area (Å²) in [5, 5.41) is 19.3. The van der Waals surface area contributed by atoms with Crippen LogP contribution in [-0.2, 0) is 28.7 Å². The summed E-state index contributed by atoms with van der Waals surface area (Å²) in [7, 11) is 0. The highest BCUT2D eigenvalue weighted by Crippen LogP contribution is 2.42. The van der Waals surface area contributed by atoms with Gasteiger partial charge < -0.3 is 36.8 Å². The molecule has 0 saturated heterocycles. The van der Waals surface area contributed by atoms with E-state index >= 15 is 0 Å². The predicted octanol–water partition coefficient (Wildman–Crippen LogP) is 2.37. The van der Waals surface area contributed by atoms with Crippen molar-refractivity contribution in [1.29, 1.82) is 0 Å². The normalized spacial score (nSPS) is 16.0. The Hall–Kier alpha value is -4.68. The van der Waals surface area contributed by atoms with Crippen molar-refractivity contribution in [3.05, 3.63) is 53.1 Å². The van der Waals surface area contributed by atoms with E-state index in [9.17, 15) is 33.9 Å². The molecular weight excluding hydrogens is 594 g/mol. The molecule has 1 aromatic rings. The molecule has 1 aliphatic carbocycles. The van der Waals surface area contributed by atoms with Gasteiger partial charge in [0.05, 0.1) is 6.54 Å². The van der Waals surface area contributed by atoms with E-state index in [1.807, 2.05) is 50.3 Å². The number of amides is 5. The maximum atomic E-state index is 13.0. The highest BCUT2D eigenvalue weighted by Gasteiger charge is 2.31. The molecule has 0 heterocycles. The minimum atomic E-state index is -1.27. The molecule has 0 aliphatic heterocycles. The number of primary amides is 1. The van der Waals surface area contributed by atoms with Gasteiger partial charge in [0.1, 0.15) is 24.7 Å². The number of fused-ring (bicyclic) bond motifs is 1. The third-order valence-corrected chi connectivity index (χ3v) is 7.57. The lowest BCUT2D eigenvalue weighted by molar-refractivity contribution is -0.142. The summed E-state index contributed by atoms with van der Waals surface area (Å²) in [5.41, 5.74) is 9.49. The van der Waals surface area contributed by atoms with E-state index in [-0.39, 0.29) is 43.6 Å². The molecule has 1 aromatic carbocycles. The zero-order valence-electron chi connectivity index (χ0n) is 27.3. The summed E-state index contributed by atoms with van der Waals surface area (Å²) in [4.78, 5) is 74.3. The van der Waals surface area contributed by atoms with E-state index in [1.54, 1.807) is 27.7 Å². The lowest BCUT2D eigenvalue weighted by Gasteiger charge is -2.23. The van der Waals surface area contributed by atoms with E-state index in [0.717, 1.165) is 22.3 Å². The molecule has 4 unspecified atom stereocenters. The Balaban J connectivity index is 2.00. The average molecular weight is 642 g/mol. The van der Waals surface area contributed by atoms with E-state index in [2.05, 4.69) is 21.3 Å². The minimum Gasteiger partial charge on any atom is -0.480 e. The second kappa shape index (κ2) is 17.7. The number of nitrogens with two attached hydrogens (primary N) is 1. The van der Waals surface area contributed by atoms with Gasteiger partial charge in [-0.15, -0.1) is 0 Å². The zero-order valence-corrected chi connectivity index (χ0v) is 27.3. The zero-order chi connectivity index (χ0) is 34.6. The lowest BCUT2D eigenvalue weighted by Crippen LogP contribution is -2.55. The van der Waals surface area contributed by atoms with Crippen LogP contribution in [0.4, 0.5) is 4.79 Å². The van der Waals surface area contributed by atoms with Crippen LogP contribution in [0.5, 0.6) is 0 Å². The van der Waals surface area contributed by atoms with Gasteiger partial charge in [-0.1, -0.05) is 64.1 Å². The summed E-state index contributed by atoms with van der Waals surface area (Å²) < 4.78 is 5.56. The first-order chi connectivity index (χ1) is 21.7. The van der Waals surface area contributed by atoms with Gasteiger partial charge in [-0.2, -0.15) is 0 Å². The molecule has 13 nitrogen and oxygen atoms in total. The molecule has 2 rings (SSSR count). The van der Waals surface area contributed by atoms with Crippen LogP contribution in [0.25, 0.3) is 5.57 Å². The standard InChI is InChI=1S/C33H47N5O8/c1-7-10-21-20(6)22-11-8-9-12-23(22)24(21)17-46-33(45)38-29(19(4)5)31(42)35-16-28(40)36-25(13-14-27(34)39)30(41)37-26(32(43)44)15-18(2)3/h7-12,18-19,24-26,29H,13-17H2,1-6H3,(H2,34,39)(H,35,42)(H,36,40)(H,37,41)(H,38,45)(H,43,44)/b10-7-. The van der Waals surface area contributed by atoms with Gasteiger partial charge in [0, 0.05) is 12.3 Å². The Bertz CT molecular complexity index is 1350. The minimum absolute atomic E-state index is 0.0359. The Labute approximate surface area is 269 Å². The summed E-state index contributed by atoms with van der Waals surface area (Å²) >= 11 is 0. The van der Waals surface area contributed by atoms with Crippen molar-refractivity contribution in [3.8, 4) is 0 Å². The number of nitrogens with one attached hydrogen (secondary N) is 4. The summed E-state index contributed by atoms with van der Waals surface area (Å²) in [6.07, 6.45) is 2.87. The van der Waals surface area contributed by atoms with Crippen molar-refractivity contribution in [2.45, 2.75) is 84.8 Å². The topological polar surface area (TPSA) is 206 Å². The first-order valence-corrected chi connectivity index (χ1v) is 15.4. The van der Waals surface area contributed by atoms with Gasteiger partial charge in [0.25, 0.3) is 0 Å². The Morgan fingerprint density at radius 2 is 1.65 bits per heavy atom. The van der Waals surface area contributed by atoms with Crippen LogP contribution in [0.1, 0.15) is 77.8 Å². The van der Waals surface area contributed by atoms with Gasteiger partial charge in [-0.3, -0.25) is 19.2 Å². The molecule has 0 bridgehead atoms. The molecule has 13 heteroatoms. The van der Waals surface area contributed by atoms with Crippen LogP contribution in [0, 0.1) is 11.8 Å². The fourth-order valence-electron chi connectivity index (χ4n) is 5.23. The number of benzene rings is 1.